The summed E-state index contributed by atoms with van der Waals surface area (Å²) in [7, 11) is 0. The number of hydrogen-bond acceptors (Lipinski definition) is 4. The zero-order chi connectivity index (χ0) is 20.5. The second-order valence-corrected chi connectivity index (χ2v) is 10.5. The van der Waals surface area contributed by atoms with Gasteiger partial charge < -0.3 is 0 Å². The molecule has 3 nitrogen and oxygen atoms in total. The summed E-state index contributed by atoms with van der Waals surface area (Å²) in [5.41, 5.74) is 1.80. The summed E-state index contributed by atoms with van der Waals surface area (Å²) in [6, 6.07) is 16.7. The molecule has 30 heavy (non-hydrogen) atoms. The molecule has 5 heteroatoms. The molecule has 2 aromatic carbocycles. The Kier molecular flexibility index (Phi) is 5.92. The van der Waals surface area contributed by atoms with Crippen molar-refractivity contribution in [3.05, 3.63) is 54.1 Å². The van der Waals surface area contributed by atoms with Gasteiger partial charge in [-0.2, -0.15) is 0 Å². The molecule has 1 unspecified atom stereocenters. The molecule has 1 heterocycles. The molecule has 2 aromatic rings. The predicted molar refractivity (Wildman–Crippen MR) is 128 cm³/mol. The summed E-state index contributed by atoms with van der Waals surface area (Å²) in [5, 5.41) is 1.17. The first-order valence-electron chi connectivity index (χ1n) is 11.1. The first-order chi connectivity index (χ1) is 14.7. The van der Waals surface area contributed by atoms with Crippen LogP contribution in [0.25, 0.3) is 0 Å². The van der Waals surface area contributed by atoms with Crippen LogP contribution in [0.1, 0.15) is 55.3 Å². The van der Waals surface area contributed by atoms with E-state index in [2.05, 4.69) is 29.4 Å². The number of rotatable bonds is 4. The maximum Gasteiger partial charge on any atom is 0.258 e. The largest absolute Gasteiger partial charge is 0.297 e. The Labute approximate surface area is 187 Å². The lowest BCUT2D eigenvalue weighted by atomic mass is 9.96. The third kappa shape index (κ3) is 4.06. The van der Waals surface area contributed by atoms with E-state index < -0.39 is 0 Å². The Morgan fingerprint density at radius 3 is 2.50 bits per heavy atom. The molecule has 0 aromatic heterocycles. The Balaban J connectivity index is 1.60. The highest BCUT2D eigenvalue weighted by Crippen LogP contribution is 2.48. The number of hydrogen-bond donors (Lipinski definition) is 0. The Morgan fingerprint density at radius 1 is 1.03 bits per heavy atom. The van der Waals surface area contributed by atoms with Crippen LogP contribution in [-0.4, -0.2) is 29.3 Å². The number of anilines is 1. The normalized spacial score (nSPS) is 23.4. The zero-order valence-electron chi connectivity index (χ0n) is 17.4. The Bertz CT molecular complexity index is 949. The van der Waals surface area contributed by atoms with E-state index in [4.69, 9.17) is 4.99 Å². The van der Waals surface area contributed by atoms with Crippen LogP contribution in [-0.2, 0) is 0 Å². The second kappa shape index (κ2) is 8.80. The highest BCUT2D eigenvalue weighted by atomic mass is 32.2. The molecule has 3 aliphatic rings. The molecule has 0 N–H and O–H groups in total. The topological polar surface area (TPSA) is 32.7 Å². The maximum atomic E-state index is 13.8. The molecule has 1 amide bonds. The fourth-order valence-electron chi connectivity index (χ4n) is 4.61. The molecular weight excluding hydrogens is 408 g/mol. The number of carbonyl (C=O) groups excluding carboxylic acids is 1. The first kappa shape index (κ1) is 20.2. The highest BCUT2D eigenvalue weighted by Gasteiger charge is 2.45. The van der Waals surface area contributed by atoms with Crippen molar-refractivity contribution in [3.63, 3.8) is 0 Å². The van der Waals surface area contributed by atoms with E-state index in [-0.39, 0.29) is 11.9 Å². The number of carbonyl (C=O) groups is 1. The van der Waals surface area contributed by atoms with E-state index in [1.165, 1.54) is 54.9 Å². The Hall–Kier alpha value is -1.72. The lowest BCUT2D eigenvalue weighted by Crippen LogP contribution is -2.48. The number of thioether (sulfide) groups is 2. The van der Waals surface area contributed by atoms with Crippen LogP contribution in [0.4, 0.5) is 5.69 Å². The van der Waals surface area contributed by atoms with Gasteiger partial charge in [0.25, 0.3) is 5.91 Å². The molecule has 0 spiro atoms. The molecule has 156 valence electrons. The number of nitrogens with zero attached hydrogens (tertiary/aromatic N) is 2. The van der Waals surface area contributed by atoms with Gasteiger partial charge in [0.1, 0.15) is 0 Å². The quantitative estimate of drug-likeness (QED) is 0.502. The average Bonchev–Trinajstić information content (AvgIpc) is 3.64. The van der Waals surface area contributed by atoms with Crippen molar-refractivity contribution < 1.29 is 4.79 Å². The van der Waals surface area contributed by atoms with Crippen molar-refractivity contribution in [2.45, 2.75) is 66.8 Å². The predicted octanol–water partition coefficient (Wildman–Crippen LogP) is 6.67. The molecule has 2 fully saturated rings. The van der Waals surface area contributed by atoms with Gasteiger partial charge in [-0.25, -0.2) is 0 Å². The number of fused-ring (bicyclic) bond motifs is 1. The minimum Gasteiger partial charge on any atom is -0.297 e. The lowest BCUT2D eigenvalue weighted by molar-refractivity contribution is 0.0980. The molecule has 2 aliphatic carbocycles. The van der Waals surface area contributed by atoms with Gasteiger partial charge in [-0.3, -0.25) is 14.7 Å². The maximum absolute atomic E-state index is 13.8. The van der Waals surface area contributed by atoms with Gasteiger partial charge in [-0.05, 0) is 68.2 Å². The van der Waals surface area contributed by atoms with Crippen LogP contribution in [0.15, 0.2) is 63.3 Å². The molecular formula is C25H28N2OS2. The fourth-order valence-corrected chi connectivity index (χ4v) is 6.43. The van der Waals surface area contributed by atoms with Crippen molar-refractivity contribution in [2.75, 3.05) is 11.2 Å². The SMILES string of the molecule is CSc1ccc2c(c1)SC(=NC1CCCCC1)C(C1CC1)N2C(=O)c1ccccc1. The van der Waals surface area contributed by atoms with Crippen LogP contribution in [0.2, 0.25) is 0 Å². The Morgan fingerprint density at radius 2 is 1.80 bits per heavy atom. The van der Waals surface area contributed by atoms with Crippen molar-refractivity contribution in [3.8, 4) is 0 Å². The lowest BCUT2D eigenvalue weighted by Gasteiger charge is -2.39. The smallest absolute Gasteiger partial charge is 0.258 e. The van der Waals surface area contributed by atoms with Crippen LogP contribution in [0.5, 0.6) is 0 Å². The van der Waals surface area contributed by atoms with Crippen LogP contribution >= 0.6 is 23.5 Å². The molecule has 5 rings (SSSR count). The third-order valence-electron chi connectivity index (χ3n) is 6.36. The minimum absolute atomic E-state index is 0.0808. The van der Waals surface area contributed by atoms with Crippen LogP contribution in [0, 0.1) is 5.92 Å². The van der Waals surface area contributed by atoms with Crippen molar-refractivity contribution in [1.29, 1.82) is 0 Å². The standard InChI is InChI=1S/C25H28N2OS2/c1-29-20-14-15-21-22(16-20)30-24(26-19-10-6-3-7-11-19)23(17-12-13-17)27(21)25(28)18-8-4-2-5-9-18/h2,4-5,8-9,14-17,19,23H,3,6-7,10-13H2,1H3. The number of benzene rings is 2. The summed E-state index contributed by atoms with van der Waals surface area (Å²) >= 11 is 3.56. The van der Waals surface area contributed by atoms with Crippen molar-refractivity contribution >= 4 is 40.2 Å². The molecule has 1 aliphatic heterocycles. The van der Waals surface area contributed by atoms with E-state index in [0.717, 1.165) is 16.1 Å². The fraction of sp³-hybridized carbons (Fsp3) is 0.440. The van der Waals surface area contributed by atoms with Gasteiger partial charge in [0.15, 0.2) is 0 Å². The first-order valence-corrected chi connectivity index (χ1v) is 13.1. The van der Waals surface area contributed by atoms with Crippen molar-refractivity contribution in [1.82, 2.24) is 0 Å². The van der Waals surface area contributed by atoms with Crippen LogP contribution in [0.3, 0.4) is 0 Å². The van der Waals surface area contributed by atoms with E-state index >= 15 is 0 Å². The zero-order valence-corrected chi connectivity index (χ0v) is 19.1. The molecule has 0 radical (unpaired) electrons. The molecule has 0 bridgehead atoms. The van der Waals surface area contributed by atoms with Gasteiger partial charge in [-0.1, -0.05) is 49.2 Å². The van der Waals surface area contributed by atoms with Gasteiger partial charge in [-0.15, -0.1) is 11.8 Å². The van der Waals surface area contributed by atoms with E-state index in [9.17, 15) is 4.79 Å². The monoisotopic (exact) mass is 436 g/mol. The van der Waals surface area contributed by atoms with Gasteiger partial charge in [0.05, 0.1) is 22.8 Å². The minimum atomic E-state index is 0.0808. The van der Waals surface area contributed by atoms with Gasteiger partial charge >= 0.3 is 0 Å². The third-order valence-corrected chi connectivity index (χ3v) is 8.19. The van der Waals surface area contributed by atoms with E-state index in [1.54, 1.807) is 11.8 Å². The summed E-state index contributed by atoms with van der Waals surface area (Å²) in [5.74, 6) is 0.628. The molecule has 1 atom stereocenters. The average molecular weight is 437 g/mol. The van der Waals surface area contributed by atoms with E-state index in [1.807, 2.05) is 42.1 Å². The summed E-state index contributed by atoms with van der Waals surface area (Å²) < 4.78 is 0. The summed E-state index contributed by atoms with van der Waals surface area (Å²) in [6.07, 6.45) is 10.7. The molecule has 0 saturated heterocycles. The number of amides is 1. The van der Waals surface area contributed by atoms with E-state index in [0.29, 0.717) is 12.0 Å². The summed E-state index contributed by atoms with van der Waals surface area (Å²) in [4.78, 5) is 23.5. The van der Waals surface area contributed by atoms with Crippen molar-refractivity contribution in [2.24, 2.45) is 10.9 Å². The number of aliphatic imine (C=N–C) groups is 1. The highest BCUT2D eigenvalue weighted by molar-refractivity contribution is 8.14. The second-order valence-electron chi connectivity index (χ2n) is 8.52. The summed E-state index contributed by atoms with van der Waals surface area (Å²) in [6.45, 7) is 0. The molecule has 2 saturated carbocycles. The van der Waals surface area contributed by atoms with Crippen LogP contribution < -0.4 is 4.90 Å². The van der Waals surface area contributed by atoms with Gasteiger partial charge in [0.2, 0.25) is 0 Å². The van der Waals surface area contributed by atoms with Gasteiger partial charge in [0, 0.05) is 15.4 Å².